The van der Waals surface area contributed by atoms with Crippen LogP contribution >= 0.6 is 23.2 Å². The van der Waals surface area contributed by atoms with Crippen LogP contribution in [0.4, 0.5) is 27.6 Å². The van der Waals surface area contributed by atoms with E-state index >= 15 is 8.78 Å². The van der Waals surface area contributed by atoms with Gasteiger partial charge in [0.2, 0.25) is 17.6 Å². The maximum atomic E-state index is 15.2. The lowest BCUT2D eigenvalue weighted by atomic mass is 9.56. The highest BCUT2D eigenvalue weighted by Crippen LogP contribution is 2.67. The first-order valence-corrected chi connectivity index (χ1v) is 15.2. The van der Waals surface area contributed by atoms with Gasteiger partial charge in [0.25, 0.3) is 11.8 Å². The van der Waals surface area contributed by atoms with E-state index in [1.165, 1.54) is 6.08 Å². The topological polar surface area (TPSA) is 151 Å². The van der Waals surface area contributed by atoms with Gasteiger partial charge in [0, 0.05) is 30.2 Å². The van der Waals surface area contributed by atoms with Crippen molar-refractivity contribution in [3.05, 3.63) is 58.4 Å². The van der Waals surface area contributed by atoms with Gasteiger partial charge in [-0.1, -0.05) is 11.6 Å². The van der Waals surface area contributed by atoms with E-state index < -0.39 is 123 Å². The molecule has 2 N–H and O–H groups in total. The summed E-state index contributed by atoms with van der Waals surface area (Å²) in [6, 6.07) is 2.15. The summed E-state index contributed by atoms with van der Waals surface area (Å²) >= 11 is 14.2. The molecule has 18 heteroatoms. The quantitative estimate of drug-likeness (QED) is 0.107. The Morgan fingerprint density at radius 3 is 1.98 bits per heavy atom. The molecule has 4 amide bonds. The SMILES string of the molecule is COc1cc(O)cc(OC)c1[C@H]1C2=CC[C@@H]3C(=O)N(CCC(=O)O)C(=O)[C@@H]3[C@@H]2C[C@@]2(Cl)C(=O)N(c3c(F)c(F)c(F)c(F)c3F)C(=O)[C@@]12Cl. The van der Waals surface area contributed by atoms with E-state index in [0.717, 1.165) is 31.3 Å². The molecule has 0 spiro atoms. The average Bonchev–Trinajstić information content (AvgIpc) is 3.39. The second-order valence-electron chi connectivity index (χ2n) is 11.9. The van der Waals surface area contributed by atoms with E-state index in [4.69, 9.17) is 37.8 Å². The largest absolute Gasteiger partial charge is 0.508 e. The number of carboxylic acids is 1. The Bertz CT molecular complexity index is 1870. The number of halogens is 7. The number of hydrogen-bond acceptors (Lipinski definition) is 8. The third-order valence-electron chi connectivity index (χ3n) is 9.68. The fraction of sp³-hybridized carbons (Fsp3) is 0.387. The first kappa shape index (κ1) is 34.4. The smallest absolute Gasteiger partial charge is 0.305 e. The van der Waals surface area contributed by atoms with Crippen molar-refractivity contribution >= 4 is 58.5 Å². The van der Waals surface area contributed by atoms with Crippen LogP contribution in [0.25, 0.3) is 0 Å². The predicted molar refractivity (Wildman–Crippen MR) is 157 cm³/mol. The number of allylic oxidation sites excluding steroid dienone is 2. The highest BCUT2D eigenvalue weighted by Gasteiger charge is 2.77. The monoisotopic (exact) mass is 732 g/mol. The molecule has 0 unspecified atom stereocenters. The van der Waals surface area contributed by atoms with E-state index in [0.29, 0.717) is 0 Å². The van der Waals surface area contributed by atoms with Crippen molar-refractivity contribution in [3.63, 3.8) is 0 Å². The zero-order chi connectivity index (χ0) is 36.1. The van der Waals surface area contributed by atoms with Gasteiger partial charge in [-0.2, -0.15) is 0 Å². The maximum absolute atomic E-state index is 15.2. The number of nitrogens with zero attached hydrogens (tertiary/aromatic N) is 2. The summed E-state index contributed by atoms with van der Waals surface area (Å²) in [4.78, 5) is 61.9. The van der Waals surface area contributed by atoms with Gasteiger partial charge in [0.1, 0.15) is 22.9 Å². The van der Waals surface area contributed by atoms with Gasteiger partial charge in [0.15, 0.2) is 33.0 Å². The molecular formula is C31H23Cl2F5N2O9. The number of carboxylic acid groups (broad SMARTS) is 1. The van der Waals surface area contributed by atoms with Crippen LogP contribution < -0.4 is 14.4 Å². The molecule has 4 aliphatic rings. The lowest BCUT2D eigenvalue weighted by Crippen LogP contribution is -2.60. The molecule has 0 aromatic heterocycles. The number of ether oxygens (including phenoxy) is 2. The fourth-order valence-electron chi connectivity index (χ4n) is 7.59. The van der Waals surface area contributed by atoms with Gasteiger partial charge >= 0.3 is 5.97 Å². The number of fused-ring (bicyclic) bond motifs is 4. The lowest BCUT2D eigenvalue weighted by Gasteiger charge is -2.51. The minimum absolute atomic E-state index is 0.108. The Morgan fingerprint density at radius 2 is 1.45 bits per heavy atom. The number of aromatic hydroxyl groups is 1. The van der Waals surface area contributed by atoms with Crippen molar-refractivity contribution in [2.45, 2.75) is 34.9 Å². The molecule has 260 valence electrons. The summed E-state index contributed by atoms with van der Waals surface area (Å²) in [5.41, 5.74) is -1.99. The number of rotatable bonds is 7. The van der Waals surface area contributed by atoms with Gasteiger partial charge in [-0.05, 0) is 18.8 Å². The molecule has 2 aliphatic heterocycles. The summed E-state index contributed by atoms with van der Waals surface area (Å²) in [5.74, 6) is -25.0. The molecule has 6 atom stereocenters. The van der Waals surface area contributed by atoms with E-state index in [9.17, 15) is 42.3 Å². The van der Waals surface area contributed by atoms with Crippen molar-refractivity contribution in [1.82, 2.24) is 4.90 Å². The number of aliphatic carboxylic acids is 1. The van der Waals surface area contributed by atoms with Crippen LogP contribution in [0, 0.1) is 46.8 Å². The molecule has 2 saturated heterocycles. The number of hydrogen-bond donors (Lipinski definition) is 2. The summed E-state index contributed by atoms with van der Waals surface area (Å²) in [5, 5.41) is 19.5. The van der Waals surface area contributed by atoms with Crippen molar-refractivity contribution in [2.75, 3.05) is 25.7 Å². The molecule has 0 bridgehead atoms. The fourth-order valence-corrected chi connectivity index (χ4v) is 8.50. The van der Waals surface area contributed by atoms with Gasteiger partial charge < -0.3 is 19.7 Å². The number of imide groups is 2. The highest BCUT2D eigenvalue weighted by molar-refractivity contribution is 6.58. The lowest BCUT2D eigenvalue weighted by molar-refractivity contribution is -0.142. The number of likely N-dealkylation sites (tertiary alicyclic amines) is 1. The summed E-state index contributed by atoms with van der Waals surface area (Å²) < 4.78 is 84.2. The van der Waals surface area contributed by atoms with Crippen molar-refractivity contribution in [1.29, 1.82) is 0 Å². The Kier molecular flexibility index (Phi) is 8.13. The van der Waals surface area contributed by atoms with Gasteiger partial charge in [-0.15, -0.1) is 23.2 Å². The minimum Gasteiger partial charge on any atom is -0.508 e. The van der Waals surface area contributed by atoms with E-state index in [1.54, 1.807) is 0 Å². The number of amides is 4. The van der Waals surface area contributed by atoms with Crippen LogP contribution in [0.1, 0.15) is 30.7 Å². The number of phenolic OH excluding ortho intramolecular Hbond substituents is 1. The average molecular weight is 733 g/mol. The molecule has 3 fully saturated rings. The minimum atomic E-state index is -2.85. The highest BCUT2D eigenvalue weighted by atomic mass is 35.5. The van der Waals surface area contributed by atoms with Crippen molar-refractivity contribution < 1.29 is 65.6 Å². The van der Waals surface area contributed by atoms with E-state index in [1.807, 2.05) is 0 Å². The van der Waals surface area contributed by atoms with Crippen LogP contribution in [0.2, 0.25) is 0 Å². The summed E-state index contributed by atoms with van der Waals surface area (Å²) in [6.07, 6.45) is -0.0455. The Hall–Kier alpha value is -4.44. The van der Waals surface area contributed by atoms with Gasteiger partial charge in [0.05, 0.1) is 32.5 Å². The zero-order valence-corrected chi connectivity index (χ0v) is 26.7. The summed E-state index contributed by atoms with van der Waals surface area (Å²) in [7, 11) is 2.31. The number of anilines is 1. The number of benzene rings is 2. The zero-order valence-electron chi connectivity index (χ0n) is 25.2. The molecule has 2 aromatic rings. The van der Waals surface area contributed by atoms with E-state index in [2.05, 4.69) is 0 Å². The first-order chi connectivity index (χ1) is 23.0. The van der Waals surface area contributed by atoms with Crippen LogP contribution in [0.5, 0.6) is 17.2 Å². The number of methoxy groups -OCH3 is 2. The van der Waals surface area contributed by atoms with Crippen LogP contribution in [0.15, 0.2) is 23.8 Å². The Balaban J connectivity index is 1.62. The molecule has 6 rings (SSSR count). The van der Waals surface area contributed by atoms with Crippen LogP contribution in [-0.2, 0) is 24.0 Å². The normalized spacial score (nSPS) is 29.1. The van der Waals surface area contributed by atoms with Gasteiger partial charge in [-0.3, -0.25) is 28.9 Å². The second-order valence-corrected chi connectivity index (χ2v) is 13.2. The molecule has 49 heavy (non-hydrogen) atoms. The molecule has 11 nitrogen and oxygen atoms in total. The van der Waals surface area contributed by atoms with E-state index in [-0.39, 0.29) is 34.0 Å². The second kappa shape index (κ2) is 11.6. The predicted octanol–water partition coefficient (Wildman–Crippen LogP) is 4.14. The number of phenols is 1. The molecule has 1 saturated carbocycles. The van der Waals surface area contributed by atoms with Crippen molar-refractivity contribution in [3.8, 4) is 17.2 Å². The molecule has 2 heterocycles. The Labute approximate surface area is 282 Å². The third-order valence-corrected chi connectivity index (χ3v) is 11.1. The van der Waals surface area contributed by atoms with Crippen LogP contribution in [0.3, 0.4) is 0 Å². The van der Waals surface area contributed by atoms with Crippen LogP contribution in [-0.4, -0.2) is 75.2 Å². The molecule has 2 aromatic carbocycles. The maximum Gasteiger partial charge on any atom is 0.305 e. The molecular weight excluding hydrogens is 710 g/mol. The van der Waals surface area contributed by atoms with Gasteiger partial charge in [-0.25, -0.2) is 26.9 Å². The third kappa shape index (κ3) is 4.48. The first-order valence-electron chi connectivity index (χ1n) is 14.5. The molecule has 2 aliphatic carbocycles. The number of alkyl halides is 2. The van der Waals surface area contributed by atoms with Crippen molar-refractivity contribution in [2.24, 2.45) is 17.8 Å². The summed E-state index contributed by atoms with van der Waals surface area (Å²) in [6.45, 7) is -0.484. The molecule has 0 radical (unpaired) electrons. The number of carbonyl (C=O) groups is 5. The standard InChI is InChI=1S/C31H23Cl2F5N2O9/c1-48-14-7-10(41)8-15(49-2)18(14)19-11-3-4-12-17(27(45)39(26(12)44)6-5-16(42)43)13(11)9-30(32)28(46)40(29(47)31(19,30)33)25-23(37)21(35)20(34)22(36)24(25)38/h3,7-8,12-13,17,19,41H,4-6,9H2,1-2H3,(H,42,43)/t12-,13+,17-,19+,30+,31-/m0/s1. The number of carbonyl (C=O) groups excluding carboxylic acids is 4. The Morgan fingerprint density at radius 1 is 0.898 bits per heavy atom.